The Bertz CT molecular complexity index is 396. The molecular formula is C14H23N3S. The van der Waals surface area contributed by atoms with Gasteiger partial charge in [-0.2, -0.15) is 0 Å². The zero-order valence-corrected chi connectivity index (χ0v) is 12.5. The Morgan fingerprint density at radius 1 is 1.33 bits per heavy atom. The van der Waals surface area contributed by atoms with Crippen LogP contribution in [0.1, 0.15) is 32.4 Å². The van der Waals surface area contributed by atoms with Gasteiger partial charge in [0.2, 0.25) is 0 Å². The summed E-state index contributed by atoms with van der Waals surface area (Å²) in [5, 5.41) is 4.97. The van der Waals surface area contributed by atoms with Gasteiger partial charge in [-0.05, 0) is 44.7 Å². The maximum atomic E-state index is 4.51. The Labute approximate surface area is 114 Å². The monoisotopic (exact) mass is 265 g/mol. The van der Waals surface area contributed by atoms with Crippen LogP contribution in [0.2, 0.25) is 0 Å². The molecule has 1 N–H and O–H groups in total. The van der Waals surface area contributed by atoms with Crippen molar-refractivity contribution in [1.82, 2.24) is 15.3 Å². The van der Waals surface area contributed by atoms with Crippen LogP contribution in [0.3, 0.4) is 0 Å². The van der Waals surface area contributed by atoms with E-state index in [4.69, 9.17) is 0 Å². The Morgan fingerprint density at radius 2 is 2.11 bits per heavy atom. The first-order valence-electron chi connectivity index (χ1n) is 6.73. The van der Waals surface area contributed by atoms with Crippen LogP contribution >= 0.6 is 11.8 Å². The van der Waals surface area contributed by atoms with Crippen LogP contribution in [0.15, 0.2) is 17.4 Å². The van der Waals surface area contributed by atoms with Crippen molar-refractivity contribution >= 4 is 11.8 Å². The largest absolute Gasteiger partial charge is 0.316 e. The summed E-state index contributed by atoms with van der Waals surface area (Å²) in [5.41, 5.74) is 1.05. The lowest BCUT2D eigenvalue weighted by Gasteiger charge is -2.38. The molecule has 4 heteroatoms. The molecule has 18 heavy (non-hydrogen) atoms. The molecule has 0 bridgehead atoms. The lowest BCUT2D eigenvalue weighted by Crippen LogP contribution is -2.44. The molecular weight excluding hydrogens is 242 g/mol. The molecule has 2 rings (SSSR count). The zero-order valence-electron chi connectivity index (χ0n) is 11.7. The van der Waals surface area contributed by atoms with Gasteiger partial charge in [0, 0.05) is 23.2 Å². The van der Waals surface area contributed by atoms with Crippen LogP contribution in [-0.2, 0) is 0 Å². The van der Waals surface area contributed by atoms with Gasteiger partial charge < -0.3 is 5.32 Å². The number of hydrogen-bond acceptors (Lipinski definition) is 4. The third-order valence-electron chi connectivity index (χ3n) is 3.77. The number of rotatable bonds is 3. The van der Waals surface area contributed by atoms with Crippen LogP contribution in [0.5, 0.6) is 0 Å². The van der Waals surface area contributed by atoms with Crippen LogP contribution in [-0.4, -0.2) is 28.3 Å². The second-order valence-corrected chi connectivity index (χ2v) is 6.66. The highest BCUT2D eigenvalue weighted by Gasteiger charge is 2.34. The Hall–Kier alpha value is -0.610. The molecule has 0 amide bonds. The molecule has 0 aromatic carbocycles. The van der Waals surface area contributed by atoms with E-state index in [1.165, 1.54) is 12.8 Å². The van der Waals surface area contributed by atoms with Gasteiger partial charge in [-0.1, -0.05) is 25.6 Å². The van der Waals surface area contributed by atoms with Crippen molar-refractivity contribution < 1.29 is 0 Å². The van der Waals surface area contributed by atoms with E-state index >= 15 is 0 Å². The molecule has 0 radical (unpaired) electrons. The molecule has 1 aliphatic rings. The van der Waals surface area contributed by atoms with Gasteiger partial charge in [0.05, 0.1) is 0 Å². The smallest absolute Gasteiger partial charge is 0.188 e. The maximum absolute atomic E-state index is 4.51. The standard InChI is InChI=1S/C14H23N3S/c1-9-7-10(2)13(12(8-9)15-4)18-14-16-6-5-11(3)17-14/h5-6,9-10,12-13,15H,7-8H2,1-4H3. The number of aryl methyl sites for hydroxylation is 1. The fraction of sp³-hybridized carbons (Fsp3) is 0.714. The second kappa shape index (κ2) is 6.02. The predicted molar refractivity (Wildman–Crippen MR) is 76.8 cm³/mol. The topological polar surface area (TPSA) is 37.8 Å². The normalized spacial score (nSPS) is 32.4. The van der Waals surface area contributed by atoms with Gasteiger partial charge in [-0.15, -0.1) is 0 Å². The molecule has 1 heterocycles. The fourth-order valence-corrected chi connectivity index (χ4v) is 4.23. The molecule has 0 saturated heterocycles. The highest BCUT2D eigenvalue weighted by molar-refractivity contribution is 7.99. The summed E-state index contributed by atoms with van der Waals surface area (Å²) in [7, 11) is 2.07. The summed E-state index contributed by atoms with van der Waals surface area (Å²) < 4.78 is 0. The van der Waals surface area contributed by atoms with E-state index in [1.54, 1.807) is 0 Å². The van der Waals surface area contributed by atoms with Gasteiger partial charge in [-0.25, -0.2) is 9.97 Å². The van der Waals surface area contributed by atoms with Gasteiger partial charge in [-0.3, -0.25) is 0 Å². The number of thioether (sulfide) groups is 1. The van der Waals surface area contributed by atoms with E-state index in [1.807, 2.05) is 30.9 Å². The van der Waals surface area contributed by atoms with Crippen molar-refractivity contribution in [2.45, 2.75) is 50.1 Å². The van der Waals surface area contributed by atoms with E-state index < -0.39 is 0 Å². The van der Waals surface area contributed by atoms with Crippen molar-refractivity contribution in [2.75, 3.05) is 7.05 Å². The van der Waals surface area contributed by atoms with E-state index in [-0.39, 0.29) is 0 Å². The molecule has 4 atom stereocenters. The summed E-state index contributed by atoms with van der Waals surface area (Å²) in [5.74, 6) is 1.52. The van der Waals surface area contributed by atoms with Crippen molar-refractivity contribution in [3.05, 3.63) is 18.0 Å². The Kier molecular flexibility index (Phi) is 4.62. The molecule has 1 fully saturated rings. The van der Waals surface area contributed by atoms with Crippen LogP contribution < -0.4 is 5.32 Å². The van der Waals surface area contributed by atoms with Gasteiger partial charge in [0.15, 0.2) is 5.16 Å². The third kappa shape index (κ3) is 3.23. The van der Waals surface area contributed by atoms with Gasteiger partial charge in [0.25, 0.3) is 0 Å². The SMILES string of the molecule is CNC1CC(C)CC(C)C1Sc1nccc(C)n1. The average molecular weight is 265 g/mol. The zero-order chi connectivity index (χ0) is 13.1. The van der Waals surface area contributed by atoms with Crippen molar-refractivity contribution in [2.24, 2.45) is 11.8 Å². The third-order valence-corrected chi connectivity index (χ3v) is 5.25. The minimum atomic E-state index is 0.567. The van der Waals surface area contributed by atoms with Crippen molar-refractivity contribution in [3.63, 3.8) is 0 Å². The lowest BCUT2D eigenvalue weighted by molar-refractivity contribution is 0.256. The Balaban J connectivity index is 2.10. The van der Waals surface area contributed by atoms with Crippen molar-refractivity contribution in [1.29, 1.82) is 0 Å². The van der Waals surface area contributed by atoms with Crippen LogP contribution in [0, 0.1) is 18.8 Å². The quantitative estimate of drug-likeness (QED) is 0.853. The van der Waals surface area contributed by atoms with E-state index in [9.17, 15) is 0 Å². The highest BCUT2D eigenvalue weighted by atomic mass is 32.2. The molecule has 1 aliphatic carbocycles. The van der Waals surface area contributed by atoms with Gasteiger partial charge in [0.1, 0.15) is 0 Å². The Morgan fingerprint density at radius 3 is 2.78 bits per heavy atom. The van der Waals surface area contributed by atoms with Gasteiger partial charge >= 0.3 is 0 Å². The van der Waals surface area contributed by atoms with E-state index in [2.05, 4.69) is 36.2 Å². The van der Waals surface area contributed by atoms with E-state index in [0.29, 0.717) is 17.2 Å². The number of hydrogen-bond donors (Lipinski definition) is 1. The maximum Gasteiger partial charge on any atom is 0.188 e. The molecule has 1 saturated carbocycles. The van der Waals surface area contributed by atoms with Crippen LogP contribution in [0.25, 0.3) is 0 Å². The fourth-order valence-electron chi connectivity index (χ4n) is 2.91. The number of aromatic nitrogens is 2. The highest BCUT2D eigenvalue weighted by Crippen LogP contribution is 2.38. The predicted octanol–water partition coefficient (Wildman–Crippen LogP) is 2.90. The lowest BCUT2D eigenvalue weighted by atomic mass is 9.80. The molecule has 4 unspecified atom stereocenters. The average Bonchev–Trinajstić information content (AvgIpc) is 2.32. The number of nitrogens with one attached hydrogen (secondary N) is 1. The molecule has 3 nitrogen and oxygen atoms in total. The first-order chi connectivity index (χ1) is 8.60. The summed E-state index contributed by atoms with van der Waals surface area (Å²) in [6.07, 6.45) is 4.42. The second-order valence-electron chi connectivity index (χ2n) is 5.51. The summed E-state index contributed by atoms with van der Waals surface area (Å²) in [6.45, 7) is 6.73. The summed E-state index contributed by atoms with van der Waals surface area (Å²) in [6, 6.07) is 2.52. The minimum Gasteiger partial charge on any atom is -0.316 e. The molecule has 1 aromatic rings. The molecule has 0 aliphatic heterocycles. The summed E-state index contributed by atoms with van der Waals surface area (Å²) in [4.78, 5) is 8.89. The minimum absolute atomic E-state index is 0.567. The first-order valence-corrected chi connectivity index (χ1v) is 7.61. The van der Waals surface area contributed by atoms with Crippen molar-refractivity contribution in [3.8, 4) is 0 Å². The molecule has 0 spiro atoms. The molecule has 100 valence electrons. The van der Waals surface area contributed by atoms with Crippen LogP contribution in [0.4, 0.5) is 0 Å². The first kappa shape index (κ1) is 13.8. The molecule has 1 aromatic heterocycles. The summed E-state index contributed by atoms with van der Waals surface area (Å²) >= 11 is 1.84. The number of nitrogens with zero attached hydrogens (tertiary/aromatic N) is 2. The van der Waals surface area contributed by atoms with E-state index in [0.717, 1.165) is 16.8 Å².